The summed E-state index contributed by atoms with van der Waals surface area (Å²) in [5, 5.41) is 0. The minimum absolute atomic E-state index is 0.0938. The Morgan fingerprint density at radius 1 is 1.40 bits per heavy atom. The maximum absolute atomic E-state index is 11.4. The molecule has 3 fully saturated rings. The highest BCUT2D eigenvalue weighted by Crippen LogP contribution is 2.77. The zero-order valence-corrected chi connectivity index (χ0v) is 9.88. The van der Waals surface area contributed by atoms with Crippen molar-refractivity contribution in [3.63, 3.8) is 0 Å². The van der Waals surface area contributed by atoms with Gasteiger partial charge in [-0.15, -0.1) is 0 Å². The van der Waals surface area contributed by atoms with Crippen molar-refractivity contribution in [2.45, 2.75) is 45.6 Å². The van der Waals surface area contributed by atoms with Crippen LogP contribution in [0.3, 0.4) is 0 Å². The predicted octanol–water partition coefficient (Wildman–Crippen LogP) is 1.70. The highest BCUT2D eigenvalue weighted by Gasteiger charge is 2.72. The van der Waals surface area contributed by atoms with E-state index < -0.39 is 6.04 Å². The van der Waals surface area contributed by atoms with Crippen LogP contribution in [0.4, 0.5) is 0 Å². The Kier molecular flexibility index (Phi) is 2.34. The summed E-state index contributed by atoms with van der Waals surface area (Å²) in [6, 6.07) is -0.395. The summed E-state index contributed by atoms with van der Waals surface area (Å²) >= 11 is 0. The third kappa shape index (κ3) is 1.25. The Bertz CT molecular complexity index is 268. The molecule has 3 aliphatic rings. The Morgan fingerprint density at radius 2 is 1.93 bits per heavy atom. The number of nitrogens with two attached hydrogens (primary N) is 1. The molecule has 3 rings (SSSR count). The number of ether oxygens (including phenoxy) is 1. The van der Waals surface area contributed by atoms with Crippen molar-refractivity contribution in [1.29, 1.82) is 0 Å². The van der Waals surface area contributed by atoms with Gasteiger partial charge in [-0.3, -0.25) is 4.79 Å². The smallest absolute Gasteiger partial charge is 0.323 e. The Hall–Kier alpha value is -0.570. The van der Waals surface area contributed by atoms with Crippen LogP contribution in [0, 0.1) is 16.7 Å². The van der Waals surface area contributed by atoms with Crippen LogP contribution in [0.15, 0.2) is 0 Å². The number of carbonyl (C=O) groups excluding carboxylic acids is 1. The second-order valence-electron chi connectivity index (χ2n) is 5.57. The summed E-state index contributed by atoms with van der Waals surface area (Å²) in [6.45, 7) is 4.55. The van der Waals surface area contributed by atoms with E-state index in [0.717, 1.165) is 25.2 Å². The summed E-state index contributed by atoms with van der Waals surface area (Å²) < 4.78 is 4.71. The standard InChI is InChI=1S/C12H21NO2/c1-4-8(2)11-5-12(6-11,7-11)9(13)10(14)15-3/h8-9H,4-7,13H2,1-3H3. The van der Waals surface area contributed by atoms with E-state index in [0.29, 0.717) is 5.41 Å². The van der Waals surface area contributed by atoms with Crippen LogP contribution in [0.1, 0.15) is 39.5 Å². The second-order valence-corrected chi connectivity index (χ2v) is 5.57. The molecular weight excluding hydrogens is 190 g/mol. The van der Waals surface area contributed by atoms with Gasteiger partial charge >= 0.3 is 5.97 Å². The quantitative estimate of drug-likeness (QED) is 0.720. The van der Waals surface area contributed by atoms with Crippen LogP contribution in [-0.4, -0.2) is 19.1 Å². The first kappa shape index (κ1) is 10.9. The van der Waals surface area contributed by atoms with E-state index in [1.807, 2.05) is 0 Å². The molecule has 3 heteroatoms. The number of hydrogen-bond donors (Lipinski definition) is 1. The number of hydrogen-bond acceptors (Lipinski definition) is 3. The fourth-order valence-corrected chi connectivity index (χ4v) is 3.61. The summed E-state index contributed by atoms with van der Waals surface area (Å²) in [5.74, 6) is 0.525. The van der Waals surface area contributed by atoms with Crippen molar-refractivity contribution in [2.24, 2.45) is 22.5 Å². The third-order valence-corrected chi connectivity index (χ3v) is 4.88. The zero-order valence-electron chi connectivity index (χ0n) is 9.88. The van der Waals surface area contributed by atoms with E-state index in [1.165, 1.54) is 13.5 Å². The minimum Gasteiger partial charge on any atom is -0.468 e. The van der Waals surface area contributed by atoms with Crippen LogP contribution in [-0.2, 0) is 9.53 Å². The molecule has 2 atom stereocenters. The first-order valence-corrected chi connectivity index (χ1v) is 5.83. The van der Waals surface area contributed by atoms with E-state index in [4.69, 9.17) is 10.5 Å². The molecule has 0 aromatic carbocycles. The first-order chi connectivity index (χ1) is 6.99. The maximum Gasteiger partial charge on any atom is 0.323 e. The third-order valence-electron chi connectivity index (χ3n) is 4.88. The molecule has 0 aliphatic heterocycles. The molecule has 2 unspecified atom stereocenters. The van der Waals surface area contributed by atoms with Crippen molar-refractivity contribution in [1.82, 2.24) is 0 Å². The van der Waals surface area contributed by atoms with Gasteiger partial charge in [-0.1, -0.05) is 20.3 Å². The van der Waals surface area contributed by atoms with Gasteiger partial charge in [-0.25, -0.2) is 0 Å². The molecule has 3 aliphatic carbocycles. The largest absolute Gasteiger partial charge is 0.468 e. The van der Waals surface area contributed by atoms with Crippen molar-refractivity contribution >= 4 is 5.97 Å². The molecule has 0 heterocycles. The van der Waals surface area contributed by atoms with Crippen molar-refractivity contribution in [3.8, 4) is 0 Å². The lowest BCUT2D eigenvalue weighted by Gasteiger charge is -2.74. The van der Waals surface area contributed by atoms with Gasteiger partial charge in [-0.05, 0) is 36.0 Å². The predicted molar refractivity (Wildman–Crippen MR) is 58.2 cm³/mol. The molecule has 0 amide bonds. The van der Waals surface area contributed by atoms with Gasteiger partial charge < -0.3 is 10.5 Å². The Labute approximate surface area is 91.4 Å². The first-order valence-electron chi connectivity index (χ1n) is 5.83. The van der Waals surface area contributed by atoms with E-state index in [2.05, 4.69) is 13.8 Å². The average molecular weight is 211 g/mol. The summed E-state index contributed by atoms with van der Waals surface area (Å²) in [6.07, 6.45) is 4.62. The van der Waals surface area contributed by atoms with Gasteiger partial charge in [0.25, 0.3) is 0 Å². The minimum atomic E-state index is -0.395. The zero-order chi connectivity index (χ0) is 11.3. The highest BCUT2D eigenvalue weighted by molar-refractivity contribution is 5.77. The van der Waals surface area contributed by atoms with E-state index in [-0.39, 0.29) is 11.4 Å². The molecule has 0 radical (unpaired) electrons. The highest BCUT2D eigenvalue weighted by atomic mass is 16.5. The van der Waals surface area contributed by atoms with Crippen LogP contribution >= 0.6 is 0 Å². The molecule has 0 aromatic heterocycles. The fourth-order valence-electron chi connectivity index (χ4n) is 3.61. The van der Waals surface area contributed by atoms with Gasteiger partial charge in [0.1, 0.15) is 6.04 Å². The SMILES string of the molecule is CCC(C)C12CC(C(N)C(=O)OC)(C1)C2. The van der Waals surface area contributed by atoms with E-state index in [9.17, 15) is 4.79 Å². The maximum atomic E-state index is 11.4. The lowest BCUT2D eigenvalue weighted by Crippen LogP contribution is -2.72. The van der Waals surface area contributed by atoms with Gasteiger partial charge in [-0.2, -0.15) is 0 Å². The van der Waals surface area contributed by atoms with E-state index in [1.54, 1.807) is 0 Å². The Morgan fingerprint density at radius 3 is 2.33 bits per heavy atom. The number of methoxy groups -OCH3 is 1. The van der Waals surface area contributed by atoms with Gasteiger partial charge in [0, 0.05) is 0 Å². The molecule has 15 heavy (non-hydrogen) atoms. The molecule has 2 N–H and O–H groups in total. The summed E-state index contributed by atoms with van der Waals surface area (Å²) in [5.41, 5.74) is 6.54. The molecule has 2 bridgehead atoms. The van der Waals surface area contributed by atoms with Crippen molar-refractivity contribution < 1.29 is 9.53 Å². The molecule has 3 saturated carbocycles. The summed E-state index contributed by atoms with van der Waals surface area (Å²) in [7, 11) is 1.41. The fraction of sp³-hybridized carbons (Fsp3) is 0.917. The lowest BCUT2D eigenvalue weighted by atomic mass is 9.30. The van der Waals surface area contributed by atoms with Gasteiger partial charge in [0.2, 0.25) is 0 Å². The van der Waals surface area contributed by atoms with Crippen LogP contribution < -0.4 is 5.73 Å². The number of rotatable bonds is 4. The van der Waals surface area contributed by atoms with Crippen molar-refractivity contribution in [2.75, 3.05) is 7.11 Å². The number of carbonyl (C=O) groups is 1. The molecule has 0 spiro atoms. The van der Waals surface area contributed by atoms with Gasteiger partial charge in [0.05, 0.1) is 7.11 Å². The van der Waals surface area contributed by atoms with E-state index >= 15 is 0 Å². The number of esters is 1. The molecular formula is C12H21NO2. The molecule has 0 saturated heterocycles. The monoisotopic (exact) mass is 211 g/mol. The lowest BCUT2D eigenvalue weighted by molar-refractivity contribution is -0.245. The van der Waals surface area contributed by atoms with Crippen LogP contribution in [0.2, 0.25) is 0 Å². The van der Waals surface area contributed by atoms with Crippen LogP contribution in [0.25, 0.3) is 0 Å². The Balaban J connectivity index is 1.95. The molecule has 3 nitrogen and oxygen atoms in total. The molecule has 0 aromatic rings. The average Bonchev–Trinajstić information content (AvgIpc) is 2.11. The molecule has 86 valence electrons. The van der Waals surface area contributed by atoms with Gasteiger partial charge in [0.15, 0.2) is 0 Å². The second kappa shape index (κ2) is 3.21. The summed E-state index contributed by atoms with van der Waals surface area (Å²) in [4.78, 5) is 11.4. The normalized spacial score (nSPS) is 41.1. The topological polar surface area (TPSA) is 52.3 Å². The van der Waals surface area contributed by atoms with Crippen LogP contribution in [0.5, 0.6) is 0 Å². The van der Waals surface area contributed by atoms with Crippen molar-refractivity contribution in [3.05, 3.63) is 0 Å².